The average Bonchev–Trinajstić information content (AvgIpc) is 2.90. The molecule has 0 fully saturated rings. The van der Waals surface area contributed by atoms with Gasteiger partial charge in [0.15, 0.2) is 11.6 Å². The molecule has 24 heavy (non-hydrogen) atoms. The molecule has 1 N–H and O–H groups in total. The lowest BCUT2D eigenvalue weighted by atomic mass is 10.1. The molecule has 0 spiro atoms. The van der Waals surface area contributed by atoms with Crippen molar-refractivity contribution in [2.75, 3.05) is 0 Å². The highest BCUT2D eigenvalue weighted by atomic mass is 16.2. The fourth-order valence-electron chi connectivity index (χ4n) is 2.36. The molecular formula is C12H12N6O6. The summed E-state index contributed by atoms with van der Waals surface area (Å²) in [7, 11) is 2.48. The molecule has 2 aromatic heterocycles. The van der Waals surface area contributed by atoms with Crippen LogP contribution in [0, 0.1) is 0 Å². The van der Waals surface area contributed by atoms with Gasteiger partial charge in [-0.2, -0.15) is 0 Å². The maximum atomic E-state index is 12.3. The molecule has 0 unspecified atom stereocenters. The van der Waals surface area contributed by atoms with E-state index in [1.807, 2.05) is 0 Å². The number of nitrogens with zero attached hydrogens (tertiary/aromatic N) is 5. The van der Waals surface area contributed by atoms with Gasteiger partial charge < -0.3 is 0 Å². The van der Waals surface area contributed by atoms with E-state index in [-0.39, 0.29) is 5.57 Å². The molecule has 1 aliphatic heterocycles. The molecule has 1 aliphatic rings. The summed E-state index contributed by atoms with van der Waals surface area (Å²) < 4.78 is 4.10. The number of allylic oxidation sites excluding steroid dienone is 1. The topological polar surface area (TPSA) is 143 Å². The first-order valence-corrected chi connectivity index (χ1v) is 6.74. The quantitative estimate of drug-likeness (QED) is 0.570. The summed E-state index contributed by atoms with van der Waals surface area (Å²) in [6.07, 6.45) is 0.962. The molecule has 0 saturated carbocycles. The number of hydrogen-bond donors (Lipinski definition) is 1. The Hall–Kier alpha value is -3.44. The van der Waals surface area contributed by atoms with Crippen molar-refractivity contribution in [2.24, 2.45) is 14.1 Å². The lowest BCUT2D eigenvalue weighted by Crippen LogP contribution is -2.36. The Morgan fingerprint density at radius 1 is 1.04 bits per heavy atom. The fraction of sp³-hybridized carbons (Fsp3) is 0.333. The van der Waals surface area contributed by atoms with Crippen molar-refractivity contribution in [3.8, 4) is 0 Å². The summed E-state index contributed by atoms with van der Waals surface area (Å²) in [5.41, 5.74) is -3.17. The summed E-state index contributed by atoms with van der Waals surface area (Å²) in [5.74, 6) is -1.43. The Balaban J connectivity index is 2.03. The molecule has 12 nitrogen and oxygen atoms in total. The number of hydrogen-bond acceptors (Lipinski definition) is 6. The zero-order valence-corrected chi connectivity index (χ0v) is 12.7. The molecule has 3 rings (SSSR count). The van der Waals surface area contributed by atoms with Gasteiger partial charge >= 0.3 is 22.8 Å². The molecule has 0 atom stereocenters. The number of rotatable bonds is 3. The summed E-state index contributed by atoms with van der Waals surface area (Å²) in [6, 6.07) is 0. The van der Waals surface area contributed by atoms with Crippen molar-refractivity contribution in [3.05, 3.63) is 47.5 Å². The monoisotopic (exact) mass is 336 g/mol. The molecule has 0 radical (unpaired) electrons. The number of aromatic amines is 1. The first-order valence-electron chi connectivity index (χ1n) is 6.74. The van der Waals surface area contributed by atoms with Gasteiger partial charge in [0, 0.05) is 20.3 Å². The van der Waals surface area contributed by atoms with Crippen molar-refractivity contribution in [1.82, 2.24) is 28.3 Å². The van der Waals surface area contributed by atoms with E-state index in [0.29, 0.717) is 0 Å². The van der Waals surface area contributed by atoms with E-state index in [2.05, 4.69) is 5.10 Å². The van der Waals surface area contributed by atoms with Crippen LogP contribution in [0.3, 0.4) is 0 Å². The molecule has 0 saturated heterocycles. The van der Waals surface area contributed by atoms with Crippen LogP contribution in [0.25, 0.3) is 6.20 Å². The number of carbonyl (C=O) groups excluding carboxylic acids is 2. The molecular weight excluding hydrogens is 324 g/mol. The van der Waals surface area contributed by atoms with Gasteiger partial charge in [-0.3, -0.25) is 9.59 Å². The van der Waals surface area contributed by atoms with Gasteiger partial charge in [0.2, 0.25) is 0 Å². The van der Waals surface area contributed by atoms with E-state index in [1.54, 1.807) is 0 Å². The predicted molar refractivity (Wildman–Crippen MR) is 78.5 cm³/mol. The minimum absolute atomic E-state index is 0.334. The average molecular weight is 336 g/mol. The first-order chi connectivity index (χ1) is 11.2. The Morgan fingerprint density at radius 3 is 2.29 bits per heavy atom. The first kappa shape index (κ1) is 15.5. The highest BCUT2D eigenvalue weighted by molar-refractivity contribution is 6.22. The van der Waals surface area contributed by atoms with E-state index < -0.39 is 47.4 Å². The van der Waals surface area contributed by atoms with Gasteiger partial charge in [-0.05, 0) is 0 Å². The van der Waals surface area contributed by atoms with E-state index in [9.17, 15) is 28.8 Å². The minimum atomic E-state index is -0.765. The Morgan fingerprint density at radius 2 is 1.71 bits per heavy atom. The van der Waals surface area contributed by atoms with E-state index >= 15 is 0 Å². The zero-order chi connectivity index (χ0) is 17.8. The third-order valence-corrected chi connectivity index (χ3v) is 3.75. The highest BCUT2D eigenvalue weighted by Crippen LogP contribution is 2.08. The maximum Gasteiger partial charge on any atom is 0.351 e. The SMILES string of the molecule is Cn1c(=O)[nH]n(CC(=O)C2=Cn3c(=O)n(C)c(=O)n3CC2=O)c1=O. The third-order valence-electron chi connectivity index (χ3n) is 3.75. The van der Waals surface area contributed by atoms with E-state index in [1.165, 1.54) is 14.1 Å². The smallest absolute Gasteiger partial charge is 0.292 e. The Kier molecular flexibility index (Phi) is 3.25. The van der Waals surface area contributed by atoms with Gasteiger partial charge in [-0.15, -0.1) is 0 Å². The van der Waals surface area contributed by atoms with Crippen molar-refractivity contribution < 1.29 is 9.59 Å². The van der Waals surface area contributed by atoms with Crippen molar-refractivity contribution in [1.29, 1.82) is 0 Å². The molecule has 12 heteroatoms. The van der Waals surface area contributed by atoms with E-state index in [4.69, 9.17) is 0 Å². The second-order valence-corrected chi connectivity index (χ2v) is 5.26. The standard InChI is InChI=1S/C12H12N6O6/c1-14-9(21)13-16(10(14)22)4-7(19)6-3-17-11(23)15(2)12(24)18(17)5-8(6)20/h3H,4-5H2,1-2H3,(H,13,21). The van der Waals surface area contributed by atoms with Crippen LogP contribution in [0.5, 0.6) is 0 Å². The van der Waals surface area contributed by atoms with Crippen LogP contribution in [0.15, 0.2) is 24.8 Å². The van der Waals surface area contributed by atoms with Crippen LogP contribution >= 0.6 is 0 Å². The Labute approximate surface area is 131 Å². The number of nitrogens with one attached hydrogen (secondary N) is 1. The number of ketones is 2. The van der Waals surface area contributed by atoms with Crippen LogP contribution < -0.4 is 22.8 Å². The second-order valence-electron chi connectivity index (χ2n) is 5.26. The van der Waals surface area contributed by atoms with Crippen LogP contribution in [-0.2, 0) is 36.8 Å². The third kappa shape index (κ3) is 2.07. The van der Waals surface area contributed by atoms with Gasteiger partial charge in [0.25, 0.3) is 0 Å². The largest absolute Gasteiger partial charge is 0.351 e. The van der Waals surface area contributed by atoms with Gasteiger partial charge in [0.1, 0.15) is 13.1 Å². The van der Waals surface area contributed by atoms with Gasteiger partial charge in [-0.25, -0.2) is 47.5 Å². The van der Waals surface area contributed by atoms with Crippen LogP contribution in [0.1, 0.15) is 0 Å². The predicted octanol–water partition coefficient (Wildman–Crippen LogP) is -3.77. The maximum absolute atomic E-state index is 12.3. The van der Waals surface area contributed by atoms with Crippen LogP contribution in [0.2, 0.25) is 0 Å². The van der Waals surface area contributed by atoms with Gasteiger partial charge in [0.05, 0.1) is 5.57 Å². The summed E-state index contributed by atoms with van der Waals surface area (Å²) >= 11 is 0. The lowest BCUT2D eigenvalue weighted by molar-refractivity contribution is -0.122. The normalized spacial score (nSPS) is 13.8. The fourth-order valence-corrected chi connectivity index (χ4v) is 2.36. The molecule has 0 aliphatic carbocycles. The molecule has 126 valence electrons. The summed E-state index contributed by atoms with van der Waals surface area (Å²) in [5, 5.41) is 2.17. The second kappa shape index (κ2) is 5.04. The number of carbonyl (C=O) groups is 2. The zero-order valence-electron chi connectivity index (χ0n) is 12.7. The highest BCUT2D eigenvalue weighted by Gasteiger charge is 2.28. The van der Waals surface area contributed by atoms with Crippen molar-refractivity contribution in [2.45, 2.75) is 13.1 Å². The summed E-state index contributed by atoms with van der Waals surface area (Å²) in [6.45, 7) is -1.04. The van der Waals surface area contributed by atoms with Crippen molar-refractivity contribution >= 4 is 17.8 Å². The van der Waals surface area contributed by atoms with Crippen LogP contribution in [-0.4, -0.2) is 39.8 Å². The number of Topliss-reactive ketones (excluding diaryl/α,β-unsaturated/α-hetero) is 2. The number of fused-ring (bicyclic) bond motifs is 1. The molecule has 2 aromatic rings. The Bertz CT molecular complexity index is 1140. The minimum Gasteiger partial charge on any atom is -0.292 e. The van der Waals surface area contributed by atoms with Gasteiger partial charge in [-0.1, -0.05) is 0 Å². The molecule has 0 amide bonds. The molecule has 3 heterocycles. The molecule has 0 bridgehead atoms. The van der Waals surface area contributed by atoms with Crippen LogP contribution in [0.4, 0.5) is 0 Å². The van der Waals surface area contributed by atoms with E-state index in [0.717, 1.165) is 29.4 Å². The lowest BCUT2D eigenvalue weighted by Gasteiger charge is -2.13. The summed E-state index contributed by atoms with van der Waals surface area (Å²) in [4.78, 5) is 71.1. The van der Waals surface area contributed by atoms with Crippen molar-refractivity contribution in [3.63, 3.8) is 0 Å². The number of aromatic nitrogens is 6. The number of H-pyrrole nitrogens is 1. The molecule has 0 aromatic carbocycles.